The molecular weight excluding hydrogens is 234 g/mol. The molecule has 1 aromatic heterocycles. The number of likely N-dealkylation sites (N-methyl/N-ethyl adjacent to an activating group) is 1. The zero-order chi connectivity index (χ0) is 13.7. The van der Waals surface area contributed by atoms with Gasteiger partial charge in [-0.15, -0.1) is 0 Å². The van der Waals surface area contributed by atoms with E-state index in [2.05, 4.69) is 0 Å². The van der Waals surface area contributed by atoms with E-state index in [0.29, 0.717) is 6.54 Å². The van der Waals surface area contributed by atoms with Crippen LogP contribution in [0, 0.1) is 0 Å². The molecule has 1 N–H and O–H groups in total. The molecule has 18 heavy (non-hydrogen) atoms. The van der Waals surface area contributed by atoms with E-state index < -0.39 is 5.97 Å². The Hall–Kier alpha value is -1.78. The molecule has 0 fully saturated rings. The van der Waals surface area contributed by atoms with E-state index in [4.69, 9.17) is 9.52 Å². The minimum Gasteiger partial charge on any atom is -0.480 e. The minimum atomic E-state index is -1.02. The van der Waals surface area contributed by atoms with Crippen LogP contribution in [0.4, 0.5) is 0 Å². The van der Waals surface area contributed by atoms with Crippen molar-refractivity contribution in [3.63, 3.8) is 0 Å². The maximum Gasteiger partial charge on any atom is 0.323 e. The predicted molar refractivity (Wildman–Crippen MR) is 66.7 cm³/mol. The van der Waals surface area contributed by atoms with Crippen molar-refractivity contribution in [3.05, 3.63) is 23.2 Å². The van der Waals surface area contributed by atoms with Gasteiger partial charge in [0.25, 0.3) is 5.91 Å². The lowest BCUT2D eigenvalue weighted by atomic mass is 10.1. The van der Waals surface area contributed by atoms with Crippen LogP contribution in [0.5, 0.6) is 0 Å². The third kappa shape index (κ3) is 3.12. The maximum absolute atomic E-state index is 12.1. The molecule has 0 bridgehead atoms. The summed E-state index contributed by atoms with van der Waals surface area (Å²) in [5.74, 6) is -0.364. The van der Waals surface area contributed by atoms with Gasteiger partial charge < -0.3 is 14.4 Å². The van der Waals surface area contributed by atoms with Gasteiger partial charge in [0.2, 0.25) is 0 Å². The number of rotatable bonds is 6. The minimum absolute atomic E-state index is 0.229. The number of aliphatic carboxylic acids is 1. The van der Waals surface area contributed by atoms with Crippen molar-refractivity contribution >= 4 is 11.9 Å². The molecule has 0 aliphatic carbocycles. The van der Waals surface area contributed by atoms with Crippen molar-refractivity contribution in [3.8, 4) is 0 Å². The Bertz CT molecular complexity index is 415. The average Bonchev–Trinajstić information content (AvgIpc) is 2.77. The van der Waals surface area contributed by atoms with E-state index in [1.807, 2.05) is 13.8 Å². The molecule has 1 amide bonds. The number of amides is 1. The standard InChI is InChI=1S/C13H19NO4/c1-4-9-7-11(18-10(9)5-2)13(17)14(6-3)8-12(15)16/h7H,4-6,8H2,1-3H3,(H,15,16). The van der Waals surface area contributed by atoms with Gasteiger partial charge in [-0.2, -0.15) is 0 Å². The summed E-state index contributed by atoms with van der Waals surface area (Å²) in [6.45, 7) is 5.73. The van der Waals surface area contributed by atoms with Crippen LogP contribution in [0.3, 0.4) is 0 Å². The maximum atomic E-state index is 12.1. The topological polar surface area (TPSA) is 70.8 Å². The van der Waals surface area contributed by atoms with Gasteiger partial charge in [-0.3, -0.25) is 9.59 Å². The van der Waals surface area contributed by atoms with Crippen LogP contribution in [0.2, 0.25) is 0 Å². The third-order valence-electron chi connectivity index (χ3n) is 2.80. The van der Waals surface area contributed by atoms with Crippen LogP contribution < -0.4 is 0 Å². The van der Waals surface area contributed by atoms with E-state index in [-0.39, 0.29) is 18.2 Å². The van der Waals surface area contributed by atoms with Crippen LogP contribution in [0.25, 0.3) is 0 Å². The number of hydrogen-bond donors (Lipinski definition) is 1. The van der Waals surface area contributed by atoms with E-state index in [0.717, 1.165) is 24.2 Å². The highest BCUT2D eigenvalue weighted by molar-refractivity contribution is 5.93. The second kappa shape index (κ2) is 6.23. The Morgan fingerprint density at radius 3 is 2.33 bits per heavy atom. The van der Waals surface area contributed by atoms with Crippen LogP contribution in [0.1, 0.15) is 42.6 Å². The SMILES string of the molecule is CCc1cc(C(=O)N(CC)CC(=O)O)oc1CC. The Labute approximate surface area is 106 Å². The van der Waals surface area contributed by atoms with Gasteiger partial charge in [0.05, 0.1) is 0 Å². The molecule has 5 nitrogen and oxygen atoms in total. The summed E-state index contributed by atoms with van der Waals surface area (Å²) in [7, 11) is 0. The summed E-state index contributed by atoms with van der Waals surface area (Å²) in [6.07, 6.45) is 1.52. The Kier molecular flexibility index (Phi) is 4.95. The number of nitrogens with zero attached hydrogens (tertiary/aromatic N) is 1. The first-order valence-electron chi connectivity index (χ1n) is 6.16. The van der Waals surface area contributed by atoms with E-state index in [1.54, 1.807) is 13.0 Å². The fourth-order valence-corrected chi connectivity index (χ4v) is 1.82. The highest BCUT2D eigenvalue weighted by atomic mass is 16.4. The van der Waals surface area contributed by atoms with Gasteiger partial charge in [0, 0.05) is 13.0 Å². The molecule has 100 valence electrons. The summed E-state index contributed by atoms with van der Waals surface area (Å²) in [5, 5.41) is 8.74. The van der Waals surface area contributed by atoms with E-state index >= 15 is 0 Å². The third-order valence-corrected chi connectivity index (χ3v) is 2.80. The number of carbonyl (C=O) groups is 2. The Morgan fingerprint density at radius 2 is 1.94 bits per heavy atom. The van der Waals surface area contributed by atoms with Crippen LogP contribution in [0.15, 0.2) is 10.5 Å². The molecule has 0 radical (unpaired) electrons. The van der Waals surface area contributed by atoms with Gasteiger partial charge in [0.1, 0.15) is 12.3 Å². The number of aryl methyl sites for hydroxylation is 2. The van der Waals surface area contributed by atoms with Gasteiger partial charge in [-0.25, -0.2) is 0 Å². The summed E-state index contributed by atoms with van der Waals surface area (Å²) in [5.41, 5.74) is 1.01. The van der Waals surface area contributed by atoms with Crippen molar-refractivity contribution in [1.29, 1.82) is 0 Å². The molecule has 0 atom stereocenters. The average molecular weight is 253 g/mol. The summed E-state index contributed by atoms with van der Waals surface area (Å²) in [6, 6.07) is 1.71. The van der Waals surface area contributed by atoms with Crippen molar-refractivity contribution in [1.82, 2.24) is 4.90 Å². The molecule has 1 aromatic rings. The molecule has 0 spiro atoms. The van der Waals surface area contributed by atoms with Gasteiger partial charge in [-0.05, 0) is 25.0 Å². The number of furan rings is 1. The summed E-state index contributed by atoms with van der Waals surface area (Å²) in [4.78, 5) is 24.0. The molecule has 0 aliphatic rings. The summed E-state index contributed by atoms with van der Waals surface area (Å²) < 4.78 is 5.50. The van der Waals surface area contributed by atoms with Crippen LogP contribution >= 0.6 is 0 Å². The molecule has 5 heteroatoms. The van der Waals surface area contributed by atoms with Gasteiger partial charge in [-0.1, -0.05) is 13.8 Å². The largest absolute Gasteiger partial charge is 0.480 e. The van der Waals surface area contributed by atoms with Crippen molar-refractivity contribution < 1.29 is 19.1 Å². The lowest BCUT2D eigenvalue weighted by Crippen LogP contribution is -2.35. The zero-order valence-corrected chi connectivity index (χ0v) is 11.0. The Morgan fingerprint density at radius 1 is 1.28 bits per heavy atom. The van der Waals surface area contributed by atoms with E-state index in [1.165, 1.54) is 4.90 Å². The smallest absolute Gasteiger partial charge is 0.323 e. The second-order valence-electron chi connectivity index (χ2n) is 3.98. The van der Waals surface area contributed by atoms with Crippen molar-refractivity contribution in [2.24, 2.45) is 0 Å². The molecule has 0 saturated carbocycles. The highest BCUT2D eigenvalue weighted by Crippen LogP contribution is 2.18. The molecule has 0 saturated heterocycles. The molecule has 0 aromatic carbocycles. The first kappa shape index (κ1) is 14.3. The molecule has 0 unspecified atom stereocenters. The molecule has 1 rings (SSSR count). The van der Waals surface area contributed by atoms with Crippen molar-refractivity contribution in [2.75, 3.05) is 13.1 Å². The van der Waals surface area contributed by atoms with E-state index in [9.17, 15) is 9.59 Å². The fraction of sp³-hybridized carbons (Fsp3) is 0.538. The quantitative estimate of drug-likeness (QED) is 0.841. The van der Waals surface area contributed by atoms with Gasteiger partial charge >= 0.3 is 5.97 Å². The number of carboxylic acids is 1. The normalized spacial score (nSPS) is 10.4. The van der Waals surface area contributed by atoms with Crippen LogP contribution in [-0.2, 0) is 17.6 Å². The monoisotopic (exact) mass is 253 g/mol. The highest BCUT2D eigenvalue weighted by Gasteiger charge is 2.21. The first-order chi connectivity index (χ1) is 8.53. The molecule has 0 aliphatic heterocycles. The fourth-order valence-electron chi connectivity index (χ4n) is 1.82. The lowest BCUT2D eigenvalue weighted by molar-refractivity contribution is -0.137. The summed E-state index contributed by atoms with van der Waals surface area (Å²) >= 11 is 0. The lowest BCUT2D eigenvalue weighted by Gasteiger charge is -2.16. The Balaban J connectivity index is 2.94. The zero-order valence-electron chi connectivity index (χ0n) is 11.0. The number of carboxylic acid groups (broad SMARTS) is 1. The second-order valence-corrected chi connectivity index (χ2v) is 3.98. The molecular formula is C13H19NO4. The van der Waals surface area contributed by atoms with Crippen molar-refractivity contribution in [2.45, 2.75) is 33.6 Å². The predicted octanol–water partition coefficient (Wildman–Crippen LogP) is 1.95. The van der Waals surface area contributed by atoms with Gasteiger partial charge in [0.15, 0.2) is 5.76 Å². The number of carbonyl (C=O) groups excluding carboxylic acids is 1. The number of hydrogen-bond acceptors (Lipinski definition) is 3. The van der Waals surface area contributed by atoms with Crippen LogP contribution in [-0.4, -0.2) is 35.0 Å². The molecule has 1 heterocycles. The first-order valence-corrected chi connectivity index (χ1v) is 6.16.